The molecule has 1 amide bonds. The van der Waals surface area contributed by atoms with Gasteiger partial charge in [0.2, 0.25) is 0 Å². The highest BCUT2D eigenvalue weighted by Crippen LogP contribution is 2.10. The van der Waals surface area contributed by atoms with Crippen LogP contribution in [0.2, 0.25) is 25.7 Å². The van der Waals surface area contributed by atoms with Gasteiger partial charge in [0.1, 0.15) is 0 Å². The average Bonchev–Trinajstić information content (AvgIpc) is 1.83. The van der Waals surface area contributed by atoms with Crippen molar-refractivity contribution in [2.45, 2.75) is 32.1 Å². The summed E-state index contributed by atoms with van der Waals surface area (Å²) in [7, 11) is -0.957. The van der Waals surface area contributed by atoms with Crippen molar-refractivity contribution in [3.63, 3.8) is 0 Å². The first-order valence-corrected chi connectivity index (χ1v) is 7.73. The van der Waals surface area contributed by atoms with Crippen LogP contribution in [0.1, 0.15) is 6.42 Å². The third-order valence-electron chi connectivity index (χ3n) is 1.34. The van der Waals surface area contributed by atoms with Crippen LogP contribution in [-0.2, 0) is 4.74 Å². The molecule has 3 nitrogen and oxygen atoms in total. The van der Waals surface area contributed by atoms with Crippen molar-refractivity contribution in [1.82, 2.24) is 0 Å². The zero-order valence-electron chi connectivity index (χ0n) is 7.96. The van der Waals surface area contributed by atoms with Gasteiger partial charge in [-0.1, -0.05) is 25.7 Å². The minimum atomic E-state index is -0.957. The number of carbonyl (C=O) groups excluding carboxylic acids is 1. The third kappa shape index (κ3) is 9.23. The summed E-state index contributed by atoms with van der Waals surface area (Å²) in [4.78, 5) is 10.1. The molecule has 0 saturated heterocycles. The van der Waals surface area contributed by atoms with Gasteiger partial charge in [0.05, 0.1) is 6.26 Å². The maximum atomic E-state index is 10.1. The summed E-state index contributed by atoms with van der Waals surface area (Å²) in [6.07, 6.45) is 3.41. The highest BCUT2D eigenvalue weighted by atomic mass is 28.3. The molecule has 0 aliphatic carbocycles. The number of carbonyl (C=O) groups is 1. The van der Waals surface area contributed by atoms with Crippen molar-refractivity contribution >= 4 is 14.2 Å². The monoisotopic (exact) mass is 187 g/mol. The molecule has 0 aliphatic heterocycles. The largest absolute Gasteiger partial charge is 0.419 e. The van der Waals surface area contributed by atoms with Crippen LogP contribution in [0.5, 0.6) is 0 Å². The van der Waals surface area contributed by atoms with Crippen molar-refractivity contribution in [3.8, 4) is 0 Å². The predicted octanol–water partition coefficient (Wildman–Crippen LogP) is 2.32. The number of hydrogen-bond acceptors (Lipinski definition) is 2. The molecule has 0 aromatic carbocycles. The lowest BCUT2D eigenvalue weighted by Gasteiger charge is -2.12. The van der Waals surface area contributed by atoms with Gasteiger partial charge in [0.15, 0.2) is 0 Å². The first-order chi connectivity index (χ1) is 5.42. The number of allylic oxidation sites excluding steroid dienone is 1. The SMILES string of the molecule is C[Si](C)(C)CCC=COC(N)=O. The molecule has 12 heavy (non-hydrogen) atoms. The zero-order chi connectivity index (χ0) is 9.61. The van der Waals surface area contributed by atoms with Crippen molar-refractivity contribution in [3.05, 3.63) is 12.3 Å². The van der Waals surface area contributed by atoms with Gasteiger partial charge in [-0.3, -0.25) is 0 Å². The van der Waals surface area contributed by atoms with Crippen LogP contribution in [-0.4, -0.2) is 14.2 Å². The molecule has 0 fully saturated rings. The Balaban J connectivity index is 3.43. The minimum Gasteiger partial charge on any atom is -0.419 e. The molecule has 70 valence electrons. The molecule has 0 bridgehead atoms. The molecule has 0 spiro atoms. The van der Waals surface area contributed by atoms with E-state index in [9.17, 15) is 4.79 Å². The molecule has 4 heteroatoms. The smallest absolute Gasteiger partial charge is 0.409 e. The number of nitrogens with two attached hydrogens (primary N) is 1. The van der Waals surface area contributed by atoms with E-state index in [0.717, 1.165) is 6.42 Å². The number of rotatable bonds is 4. The fourth-order valence-corrected chi connectivity index (χ4v) is 1.73. The van der Waals surface area contributed by atoms with Gasteiger partial charge in [0, 0.05) is 8.07 Å². The van der Waals surface area contributed by atoms with Crippen LogP contribution >= 0.6 is 0 Å². The van der Waals surface area contributed by atoms with Gasteiger partial charge in [-0.2, -0.15) is 0 Å². The minimum absolute atomic E-state index is 0.751. The summed E-state index contributed by atoms with van der Waals surface area (Å²) in [5, 5.41) is 0. The van der Waals surface area contributed by atoms with Gasteiger partial charge in [0.25, 0.3) is 0 Å². The average molecular weight is 187 g/mol. The van der Waals surface area contributed by atoms with E-state index in [1.54, 1.807) is 0 Å². The summed E-state index contributed by atoms with van der Waals surface area (Å²) in [6.45, 7) is 6.90. The van der Waals surface area contributed by atoms with Gasteiger partial charge in [-0.25, -0.2) is 4.79 Å². The van der Waals surface area contributed by atoms with Crippen molar-refractivity contribution in [2.24, 2.45) is 5.73 Å². The second-order valence-corrected chi connectivity index (χ2v) is 9.53. The van der Waals surface area contributed by atoms with Crippen LogP contribution in [0.25, 0.3) is 0 Å². The molecule has 0 aromatic heterocycles. The van der Waals surface area contributed by atoms with E-state index in [0.29, 0.717) is 0 Å². The van der Waals surface area contributed by atoms with E-state index >= 15 is 0 Å². The van der Waals surface area contributed by atoms with E-state index in [1.165, 1.54) is 12.3 Å². The zero-order valence-corrected chi connectivity index (χ0v) is 8.96. The van der Waals surface area contributed by atoms with Gasteiger partial charge >= 0.3 is 6.09 Å². The Kier molecular flexibility index (Phi) is 4.66. The summed E-state index contributed by atoms with van der Waals surface area (Å²) in [5.74, 6) is 0. The lowest BCUT2D eigenvalue weighted by Crippen LogP contribution is -2.18. The lowest BCUT2D eigenvalue weighted by atomic mass is 10.5. The second kappa shape index (κ2) is 4.98. The summed E-state index contributed by atoms with van der Waals surface area (Å²) in [5.41, 5.74) is 4.76. The molecule has 0 atom stereocenters. The fraction of sp³-hybridized carbons (Fsp3) is 0.625. The number of amides is 1. The number of ether oxygens (including phenoxy) is 1. The standard InChI is InChI=1S/C8H17NO2Si/c1-12(2,3)7-5-4-6-11-8(9)10/h4,6H,5,7H2,1-3H3,(H2,9,10). The molecular weight excluding hydrogens is 170 g/mol. The Morgan fingerprint density at radius 3 is 2.50 bits per heavy atom. The van der Waals surface area contributed by atoms with Gasteiger partial charge < -0.3 is 10.5 Å². The quantitative estimate of drug-likeness (QED) is 0.542. The molecule has 0 aromatic rings. The Morgan fingerprint density at radius 2 is 2.08 bits per heavy atom. The van der Waals surface area contributed by atoms with Crippen LogP contribution in [0.3, 0.4) is 0 Å². The van der Waals surface area contributed by atoms with Crippen LogP contribution < -0.4 is 5.73 Å². The van der Waals surface area contributed by atoms with Crippen LogP contribution in [0.4, 0.5) is 4.79 Å². The van der Waals surface area contributed by atoms with Crippen LogP contribution in [0, 0.1) is 0 Å². The maximum absolute atomic E-state index is 10.1. The number of hydrogen-bond donors (Lipinski definition) is 1. The molecule has 0 radical (unpaired) electrons. The Hall–Kier alpha value is -0.773. The molecule has 2 N–H and O–H groups in total. The van der Waals surface area contributed by atoms with E-state index in [4.69, 9.17) is 5.73 Å². The summed E-state index contributed by atoms with van der Waals surface area (Å²) < 4.78 is 4.43. The first kappa shape index (κ1) is 11.2. The first-order valence-electron chi connectivity index (χ1n) is 4.03. The molecule has 0 aliphatic rings. The lowest BCUT2D eigenvalue weighted by molar-refractivity contribution is 0.196. The maximum Gasteiger partial charge on any atom is 0.409 e. The predicted molar refractivity (Wildman–Crippen MR) is 52.6 cm³/mol. The van der Waals surface area contributed by atoms with Gasteiger partial charge in [-0.15, -0.1) is 0 Å². The van der Waals surface area contributed by atoms with Crippen molar-refractivity contribution in [2.75, 3.05) is 0 Å². The summed E-state index contributed by atoms with van der Waals surface area (Å²) in [6, 6.07) is 1.20. The Bertz CT molecular complexity index is 172. The third-order valence-corrected chi connectivity index (χ3v) is 3.13. The molecule has 0 unspecified atom stereocenters. The van der Waals surface area contributed by atoms with Crippen LogP contribution in [0.15, 0.2) is 12.3 Å². The highest BCUT2D eigenvalue weighted by Gasteiger charge is 2.10. The van der Waals surface area contributed by atoms with E-state index < -0.39 is 14.2 Å². The molecule has 0 heterocycles. The van der Waals surface area contributed by atoms with Gasteiger partial charge in [-0.05, 0) is 12.5 Å². The highest BCUT2D eigenvalue weighted by molar-refractivity contribution is 6.76. The normalized spacial score (nSPS) is 11.9. The Morgan fingerprint density at radius 1 is 1.50 bits per heavy atom. The van der Waals surface area contributed by atoms with Crippen molar-refractivity contribution < 1.29 is 9.53 Å². The molecule has 0 saturated carbocycles. The fourth-order valence-electron chi connectivity index (χ4n) is 0.700. The van der Waals surface area contributed by atoms with E-state index in [-0.39, 0.29) is 0 Å². The Labute approximate surface area is 74.6 Å². The topological polar surface area (TPSA) is 52.3 Å². The summed E-state index contributed by atoms with van der Waals surface area (Å²) >= 11 is 0. The van der Waals surface area contributed by atoms with E-state index in [1.807, 2.05) is 6.08 Å². The molecular formula is C8H17NO2Si. The molecule has 0 rings (SSSR count). The second-order valence-electron chi connectivity index (χ2n) is 3.91. The van der Waals surface area contributed by atoms with Crippen molar-refractivity contribution in [1.29, 1.82) is 0 Å². The van der Waals surface area contributed by atoms with E-state index in [2.05, 4.69) is 24.4 Å². The number of primary amides is 1.